The highest BCUT2D eigenvalue weighted by Crippen LogP contribution is 2.44. The quantitative estimate of drug-likeness (QED) is 0.911. The van der Waals surface area contributed by atoms with Crippen LogP contribution in [0.25, 0.3) is 11.1 Å². The summed E-state index contributed by atoms with van der Waals surface area (Å²) in [4.78, 5) is 4.47. The lowest BCUT2D eigenvalue weighted by atomic mass is 9.95. The van der Waals surface area contributed by atoms with Crippen molar-refractivity contribution in [3.05, 3.63) is 47.7 Å². The van der Waals surface area contributed by atoms with Gasteiger partial charge in [-0.15, -0.1) is 12.4 Å². The maximum atomic E-state index is 5.78. The number of nitrogen functional groups attached to an aromatic ring is 1. The van der Waals surface area contributed by atoms with E-state index in [2.05, 4.69) is 42.2 Å². The Bertz CT molecular complexity index is 577. The molecule has 0 amide bonds. The van der Waals surface area contributed by atoms with Crippen molar-refractivity contribution in [1.82, 2.24) is 4.98 Å². The van der Waals surface area contributed by atoms with Crippen LogP contribution in [0.3, 0.4) is 0 Å². The van der Waals surface area contributed by atoms with Gasteiger partial charge in [-0.1, -0.05) is 31.2 Å². The number of hydrogen-bond acceptors (Lipinski definition) is 2. The Balaban J connectivity index is 0.00000133. The van der Waals surface area contributed by atoms with Gasteiger partial charge in [0.1, 0.15) is 5.82 Å². The van der Waals surface area contributed by atoms with Crippen LogP contribution in [-0.2, 0) is 6.42 Å². The van der Waals surface area contributed by atoms with E-state index >= 15 is 0 Å². The Morgan fingerprint density at radius 2 is 1.84 bits per heavy atom. The summed E-state index contributed by atoms with van der Waals surface area (Å²) in [6, 6.07) is 12.7. The van der Waals surface area contributed by atoms with Crippen molar-refractivity contribution in [2.75, 3.05) is 5.73 Å². The van der Waals surface area contributed by atoms with Gasteiger partial charge in [-0.25, -0.2) is 4.98 Å². The molecule has 2 N–H and O–H groups in total. The molecule has 3 rings (SSSR count). The standard InChI is InChI=1S/C16H18N2.ClH/c1-2-15-14(9-10-16(17)18-15)13-6-4-3-5-12(13)11-7-8-11;/h3-6,9-11H,2,7-8H2,1H3,(H2,17,18);1H. The minimum Gasteiger partial charge on any atom is -0.384 e. The lowest BCUT2D eigenvalue weighted by Crippen LogP contribution is -1.98. The van der Waals surface area contributed by atoms with Crippen molar-refractivity contribution in [2.45, 2.75) is 32.1 Å². The summed E-state index contributed by atoms with van der Waals surface area (Å²) in [7, 11) is 0. The molecular formula is C16H19ClN2. The van der Waals surface area contributed by atoms with Crippen molar-refractivity contribution in [2.24, 2.45) is 0 Å². The highest BCUT2D eigenvalue weighted by Gasteiger charge is 2.26. The zero-order chi connectivity index (χ0) is 12.5. The molecule has 1 aromatic heterocycles. The molecule has 1 saturated carbocycles. The molecule has 0 saturated heterocycles. The first-order valence-corrected chi connectivity index (χ1v) is 6.64. The number of aryl methyl sites for hydroxylation is 1. The third-order valence-corrected chi connectivity index (χ3v) is 3.60. The lowest BCUT2D eigenvalue weighted by molar-refractivity contribution is 1.04. The van der Waals surface area contributed by atoms with Gasteiger partial charge in [0.2, 0.25) is 0 Å². The molecule has 0 spiro atoms. The normalized spacial score (nSPS) is 13.9. The molecule has 100 valence electrons. The van der Waals surface area contributed by atoms with Crippen LogP contribution in [0, 0.1) is 0 Å². The van der Waals surface area contributed by atoms with Gasteiger partial charge in [0.25, 0.3) is 0 Å². The second-order valence-electron chi connectivity index (χ2n) is 4.95. The van der Waals surface area contributed by atoms with E-state index in [9.17, 15) is 0 Å². The van der Waals surface area contributed by atoms with E-state index in [1.807, 2.05) is 6.07 Å². The van der Waals surface area contributed by atoms with Gasteiger partial charge in [-0.05, 0) is 48.4 Å². The Hall–Kier alpha value is -1.54. The fourth-order valence-corrected chi connectivity index (χ4v) is 2.53. The maximum absolute atomic E-state index is 5.78. The number of anilines is 1. The average molecular weight is 275 g/mol. The molecule has 0 bridgehead atoms. The molecule has 1 aromatic carbocycles. The lowest BCUT2D eigenvalue weighted by Gasteiger charge is -2.12. The molecule has 0 aliphatic heterocycles. The molecule has 1 heterocycles. The summed E-state index contributed by atoms with van der Waals surface area (Å²) in [6.07, 6.45) is 3.56. The van der Waals surface area contributed by atoms with Crippen molar-refractivity contribution >= 4 is 18.2 Å². The van der Waals surface area contributed by atoms with E-state index < -0.39 is 0 Å². The second-order valence-corrected chi connectivity index (χ2v) is 4.95. The highest BCUT2D eigenvalue weighted by atomic mass is 35.5. The number of benzene rings is 1. The SMILES string of the molecule is CCc1nc(N)ccc1-c1ccccc1C1CC1.Cl. The number of halogens is 1. The summed E-state index contributed by atoms with van der Waals surface area (Å²) in [5.41, 5.74) is 10.9. The van der Waals surface area contributed by atoms with E-state index in [1.54, 1.807) is 0 Å². The fourth-order valence-electron chi connectivity index (χ4n) is 2.53. The van der Waals surface area contributed by atoms with Crippen molar-refractivity contribution in [3.8, 4) is 11.1 Å². The number of hydrogen-bond donors (Lipinski definition) is 1. The van der Waals surface area contributed by atoms with E-state index in [0.717, 1.165) is 18.0 Å². The predicted molar refractivity (Wildman–Crippen MR) is 82.7 cm³/mol. The van der Waals surface area contributed by atoms with Gasteiger partial charge < -0.3 is 5.73 Å². The molecule has 1 aliphatic rings. The van der Waals surface area contributed by atoms with E-state index in [1.165, 1.54) is 29.5 Å². The zero-order valence-corrected chi connectivity index (χ0v) is 11.9. The van der Waals surface area contributed by atoms with Crippen LogP contribution in [0.4, 0.5) is 5.82 Å². The molecule has 0 unspecified atom stereocenters. The molecule has 2 aromatic rings. The van der Waals surface area contributed by atoms with E-state index in [-0.39, 0.29) is 12.4 Å². The summed E-state index contributed by atoms with van der Waals surface area (Å²) in [5.74, 6) is 1.36. The highest BCUT2D eigenvalue weighted by molar-refractivity contribution is 5.85. The molecule has 3 heteroatoms. The minimum atomic E-state index is 0. The Labute approximate surface area is 120 Å². The summed E-state index contributed by atoms with van der Waals surface area (Å²) >= 11 is 0. The molecule has 1 fully saturated rings. The Morgan fingerprint density at radius 1 is 1.11 bits per heavy atom. The van der Waals surface area contributed by atoms with Crippen molar-refractivity contribution < 1.29 is 0 Å². The summed E-state index contributed by atoms with van der Waals surface area (Å²) in [6.45, 7) is 2.13. The van der Waals surface area contributed by atoms with Crippen molar-refractivity contribution in [3.63, 3.8) is 0 Å². The third kappa shape index (κ3) is 2.74. The first kappa shape index (κ1) is 13.9. The second kappa shape index (κ2) is 5.62. The largest absolute Gasteiger partial charge is 0.384 e. The van der Waals surface area contributed by atoms with Gasteiger partial charge in [0.05, 0.1) is 5.69 Å². The number of aromatic nitrogens is 1. The van der Waals surface area contributed by atoms with Gasteiger partial charge in [-0.2, -0.15) is 0 Å². The molecule has 1 aliphatic carbocycles. The molecule has 0 atom stereocenters. The van der Waals surface area contributed by atoms with Crippen LogP contribution in [-0.4, -0.2) is 4.98 Å². The number of rotatable bonds is 3. The monoisotopic (exact) mass is 274 g/mol. The first-order valence-electron chi connectivity index (χ1n) is 6.64. The van der Waals surface area contributed by atoms with Gasteiger partial charge >= 0.3 is 0 Å². The molecule has 0 radical (unpaired) electrons. The average Bonchev–Trinajstić information content (AvgIpc) is 3.23. The molecule has 19 heavy (non-hydrogen) atoms. The summed E-state index contributed by atoms with van der Waals surface area (Å²) in [5, 5.41) is 0. The Morgan fingerprint density at radius 3 is 2.53 bits per heavy atom. The smallest absolute Gasteiger partial charge is 0.123 e. The molecular weight excluding hydrogens is 256 g/mol. The van der Waals surface area contributed by atoms with Crippen LogP contribution >= 0.6 is 12.4 Å². The topological polar surface area (TPSA) is 38.9 Å². The van der Waals surface area contributed by atoms with E-state index in [4.69, 9.17) is 5.73 Å². The zero-order valence-electron chi connectivity index (χ0n) is 11.1. The molecule has 2 nitrogen and oxygen atoms in total. The predicted octanol–water partition coefficient (Wildman–Crippen LogP) is 4.19. The van der Waals surface area contributed by atoms with Crippen LogP contribution < -0.4 is 5.73 Å². The van der Waals surface area contributed by atoms with Crippen LogP contribution in [0.5, 0.6) is 0 Å². The fraction of sp³-hybridized carbons (Fsp3) is 0.312. The van der Waals surface area contributed by atoms with Gasteiger partial charge in [0.15, 0.2) is 0 Å². The van der Waals surface area contributed by atoms with Crippen LogP contribution in [0.2, 0.25) is 0 Å². The van der Waals surface area contributed by atoms with Crippen LogP contribution in [0.15, 0.2) is 36.4 Å². The van der Waals surface area contributed by atoms with E-state index in [0.29, 0.717) is 5.82 Å². The minimum absolute atomic E-state index is 0. The number of pyridine rings is 1. The first-order chi connectivity index (χ1) is 8.79. The Kier molecular flexibility index (Phi) is 4.11. The summed E-state index contributed by atoms with van der Waals surface area (Å²) < 4.78 is 0. The van der Waals surface area contributed by atoms with Crippen molar-refractivity contribution in [1.29, 1.82) is 0 Å². The van der Waals surface area contributed by atoms with Gasteiger partial charge in [0, 0.05) is 5.56 Å². The number of nitrogens with zero attached hydrogens (tertiary/aromatic N) is 1. The number of nitrogens with two attached hydrogens (primary N) is 1. The van der Waals surface area contributed by atoms with Gasteiger partial charge in [-0.3, -0.25) is 0 Å². The third-order valence-electron chi connectivity index (χ3n) is 3.60. The maximum Gasteiger partial charge on any atom is 0.123 e. The van der Waals surface area contributed by atoms with Crippen LogP contribution in [0.1, 0.15) is 36.9 Å².